The van der Waals surface area contributed by atoms with Crippen LogP contribution in [0.2, 0.25) is 0 Å². The molecule has 0 amide bonds. The fourth-order valence-electron chi connectivity index (χ4n) is 1.54. The summed E-state index contributed by atoms with van der Waals surface area (Å²) in [6.45, 7) is 5.18. The van der Waals surface area contributed by atoms with Crippen LogP contribution in [0.1, 0.15) is 12.6 Å². The van der Waals surface area contributed by atoms with Crippen LogP contribution in [-0.2, 0) is 17.8 Å². The molecule has 0 fully saturated rings. The van der Waals surface area contributed by atoms with Gasteiger partial charge in [0.1, 0.15) is 0 Å². The van der Waals surface area contributed by atoms with E-state index in [-0.39, 0.29) is 0 Å². The summed E-state index contributed by atoms with van der Waals surface area (Å²) in [5, 5.41) is 0. The zero-order chi connectivity index (χ0) is 12.0. The maximum absolute atomic E-state index is 5.48. The summed E-state index contributed by atoms with van der Waals surface area (Å²) in [5.74, 6) is 0. The van der Waals surface area contributed by atoms with Crippen molar-refractivity contribution in [3.05, 3.63) is 18.2 Å². The van der Waals surface area contributed by atoms with Crippen molar-refractivity contribution in [1.29, 1.82) is 0 Å². The summed E-state index contributed by atoms with van der Waals surface area (Å²) < 4.78 is 7.14. The molecule has 92 valence electrons. The predicted octanol–water partition coefficient (Wildman–Crippen LogP) is 0.309. The standard InChI is InChI=1S/C11H22N4O/c1-10(8-16-3)14(2)6-11-7-15(5-4-12)9-13-11/h7,9-10H,4-6,8,12H2,1-3H3. The summed E-state index contributed by atoms with van der Waals surface area (Å²) >= 11 is 0. The zero-order valence-corrected chi connectivity index (χ0v) is 10.4. The van der Waals surface area contributed by atoms with Gasteiger partial charge in [-0.15, -0.1) is 0 Å². The van der Waals surface area contributed by atoms with E-state index in [0.29, 0.717) is 12.6 Å². The number of nitrogens with two attached hydrogens (primary N) is 1. The molecule has 1 atom stereocenters. The number of imidazole rings is 1. The van der Waals surface area contributed by atoms with E-state index in [1.807, 2.05) is 17.1 Å². The van der Waals surface area contributed by atoms with Crippen LogP contribution in [0.4, 0.5) is 0 Å². The van der Waals surface area contributed by atoms with Gasteiger partial charge in [0.25, 0.3) is 0 Å². The first kappa shape index (κ1) is 13.2. The Morgan fingerprint density at radius 2 is 2.38 bits per heavy atom. The van der Waals surface area contributed by atoms with Gasteiger partial charge in [-0.25, -0.2) is 4.98 Å². The van der Waals surface area contributed by atoms with E-state index >= 15 is 0 Å². The van der Waals surface area contributed by atoms with Crippen molar-refractivity contribution >= 4 is 0 Å². The van der Waals surface area contributed by atoms with Crippen LogP contribution in [0.25, 0.3) is 0 Å². The van der Waals surface area contributed by atoms with E-state index in [4.69, 9.17) is 10.5 Å². The predicted molar refractivity (Wildman–Crippen MR) is 64.1 cm³/mol. The zero-order valence-electron chi connectivity index (χ0n) is 10.4. The monoisotopic (exact) mass is 226 g/mol. The van der Waals surface area contributed by atoms with E-state index in [2.05, 4.69) is 23.9 Å². The molecule has 5 nitrogen and oxygen atoms in total. The second-order valence-electron chi connectivity index (χ2n) is 4.11. The lowest BCUT2D eigenvalue weighted by molar-refractivity contribution is 0.111. The Morgan fingerprint density at radius 3 is 3.00 bits per heavy atom. The number of nitrogens with zero attached hydrogens (tertiary/aromatic N) is 3. The van der Waals surface area contributed by atoms with E-state index in [0.717, 1.165) is 25.4 Å². The van der Waals surface area contributed by atoms with Gasteiger partial charge < -0.3 is 15.0 Å². The Morgan fingerprint density at radius 1 is 1.62 bits per heavy atom. The molecular formula is C11H22N4O. The average molecular weight is 226 g/mol. The molecule has 0 spiro atoms. The Hall–Kier alpha value is -0.910. The van der Waals surface area contributed by atoms with Crippen LogP contribution < -0.4 is 5.73 Å². The molecule has 0 bridgehead atoms. The lowest BCUT2D eigenvalue weighted by Gasteiger charge is -2.22. The van der Waals surface area contributed by atoms with Gasteiger partial charge in [-0.1, -0.05) is 0 Å². The van der Waals surface area contributed by atoms with Gasteiger partial charge in [-0.05, 0) is 14.0 Å². The van der Waals surface area contributed by atoms with Gasteiger partial charge in [-0.2, -0.15) is 0 Å². The molecule has 0 radical (unpaired) electrons. The summed E-state index contributed by atoms with van der Waals surface area (Å²) in [6.07, 6.45) is 3.87. The lowest BCUT2D eigenvalue weighted by Crippen LogP contribution is -2.32. The number of rotatable bonds is 7. The Balaban J connectivity index is 2.45. The Labute approximate surface area is 97.2 Å². The van der Waals surface area contributed by atoms with Crippen molar-refractivity contribution in [3.63, 3.8) is 0 Å². The minimum atomic E-state index is 0.393. The molecule has 0 aliphatic heterocycles. The average Bonchev–Trinajstić information content (AvgIpc) is 2.66. The maximum Gasteiger partial charge on any atom is 0.0950 e. The van der Waals surface area contributed by atoms with Gasteiger partial charge in [0.2, 0.25) is 0 Å². The highest BCUT2D eigenvalue weighted by Crippen LogP contribution is 2.04. The second-order valence-corrected chi connectivity index (χ2v) is 4.11. The summed E-state index contributed by atoms with van der Waals surface area (Å²) in [7, 11) is 3.80. The fraction of sp³-hybridized carbons (Fsp3) is 0.727. The number of likely N-dealkylation sites (N-methyl/N-ethyl adjacent to an activating group) is 1. The molecule has 5 heteroatoms. The molecule has 0 saturated heterocycles. The van der Waals surface area contributed by atoms with Crippen LogP contribution in [0.15, 0.2) is 12.5 Å². The summed E-state index contributed by atoms with van der Waals surface area (Å²) in [6, 6.07) is 0.393. The third-order valence-corrected chi connectivity index (χ3v) is 2.65. The van der Waals surface area contributed by atoms with Crippen LogP contribution in [0, 0.1) is 0 Å². The highest BCUT2D eigenvalue weighted by atomic mass is 16.5. The molecule has 1 aromatic rings. The van der Waals surface area contributed by atoms with Crippen LogP contribution in [0.5, 0.6) is 0 Å². The molecule has 1 heterocycles. The van der Waals surface area contributed by atoms with Gasteiger partial charge >= 0.3 is 0 Å². The Bertz CT molecular complexity index is 300. The van der Waals surface area contributed by atoms with E-state index in [9.17, 15) is 0 Å². The van der Waals surface area contributed by atoms with E-state index in [1.165, 1.54) is 0 Å². The second kappa shape index (κ2) is 6.62. The third-order valence-electron chi connectivity index (χ3n) is 2.65. The first-order valence-electron chi connectivity index (χ1n) is 5.57. The molecule has 0 aromatic carbocycles. The van der Waals surface area contributed by atoms with Crippen molar-refractivity contribution in [2.45, 2.75) is 26.1 Å². The number of methoxy groups -OCH3 is 1. The highest BCUT2D eigenvalue weighted by Gasteiger charge is 2.10. The molecule has 0 aliphatic rings. The quantitative estimate of drug-likeness (QED) is 0.727. The summed E-state index contributed by atoms with van der Waals surface area (Å²) in [5.41, 5.74) is 6.55. The molecule has 2 N–H and O–H groups in total. The summed E-state index contributed by atoms with van der Waals surface area (Å²) in [4.78, 5) is 6.56. The molecule has 1 unspecified atom stereocenters. The molecule has 1 aromatic heterocycles. The van der Waals surface area contributed by atoms with Crippen molar-refractivity contribution in [2.75, 3.05) is 27.3 Å². The van der Waals surface area contributed by atoms with Gasteiger partial charge in [0.15, 0.2) is 0 Å². The first-order valence-corrected chi connectivity index (χ1v) is 5.57. The molecule has 1 rings (SSSR count). The van der Waals surface area contributed by atoms with E-state index < -0.39 is 0 Å². The van der Waals surface area contributed by atoms with Crippen molar-refractivity contribution < 1.29 is 4.74 Å². The van der Waals surface area contributed by atoms with E-state index in [1.54, 1.807) is 7.11 Å². The minimum Gasteiger partial charge on any atom is -0.383 e. The number of ether oxygens (including phenoxy) is 1. The number of hydrogen-bond acceptors (Lipinski definition) is 4. The van der Waals surface area contributed by atoms with Crippen LogP contribution in [0.3, 0.4) is 0 Å². The minimum absolute atomic E-state index is 0.393. The molecule has 16 heavy (non-hydrogen) atoms. The third kappa shape index (κ3) is 3.92. The molecular weight excluding hydrogens is 204 g/mol. The SMILES string of the molecule is COCC(C)N(C)Cc1cn(CCN)cn1. The largest absolute Gasteiger partial charge is 0.383 e. The first-order chi connectivity index (χ1) is 7.67. The molecule has 0 saturated carbocycles. The number of aromatic nitrogens is 2. The van der Waals surface area contributed by atoms with Crippen LogP contribution in [-0.4, -0.2) is 47.8 Å². The topological polar surface area (TPSA) is 56.3 Å². The van der Waals surface area contributed by atoms with Gasteiger partial charge in [0, 0.05) is 39.0 Å². The van der Waals surface area contributed by atoms with Crippen molar-refractivity contribution in [1.82, 2.24) is 14.5 Å². The van der Waals surface area contributed by atoms with Gasteiger partial charge in [0.05, 0.1) is 18.6 Å². The Kier molecular flexibility index (Phi) is 5.45. The fourth-order valence-corrected chi connectivity index (χ4v) is 1.54. The smallest absolute Gasteiger partial charge is 0.0950 e. The maximum atomic E-state index is 5.48. The van der Waals surface area contributed by atoms with Gasteiger partial charge in [-0.3, -0.25) is 4.90 Å². The highest BCUT2D eigenvalue weighted by molar-refractivity contribution is 4.96. The normalized spacial score (nSPS) is 13.3. The van der Waals surface area contributed by atoms with Crippen molar-refractivity contribution in [3.8, 4) is 0 Å². The van der Waals surface area contributed by atoms with Crippen LogP contribution >= 0.6 is 0 Å². The molecule has 0 aliphatic carbocycles. The number of hydrogen-bond donors (Lipinski definition) is 1. The van der Waals surface area contributed by atoms with Crippen molar-refractivity contribution in [2.24, 2.45) is 5.73 Å². The lowest BCUT2D eigenvalue weighted by atomic mass is 10.3.